The molecule has 1 heterocycles. The molecule has 0 aliphatic heterocycles. The fourth-order valence-corrected chi connectivity index (χ4v) is 5.94. The standard InChI is InChI=1S/C20H25N2/c1-2-4-16(5-3-1)14-21-6-7-22(15-21)20-11-17-8-18(12-20)10-19(9-17)13-20/h1-7,15,17-19H,8-14H2/q+1. The molecule has 4 aliphatic rings. The van der Waals surface area contributed by atoms with Crippen LogP contribution in [0, 0.1) is 17.8 Å². The van der Waals surface area contributed by atoms with Crippen LogP contribution in [0.4, 0.5) is 0 Å². The minimum Gasteiger partial charge on any atom is -0.233 e. The Hall–Kier alpha value is -1.57. The molecule has 4 bridgehead atoms. The molecule has 4 saturated carbocycles. The van der Waals surface area contributed by atoms with Crippen LogP contribution in [0.2, 0.25) is 0 Å². The van der Waals surface area contributed by atoms with Crippen molar-refractivity contribution < 1.29 is 4.57 Å². The topological polar surface area (TPSA) is 8.81 Å². The van der Waals surface area contributed by atoms with Crippen molar-refractivity contribution >= 4 is 0 Å². The van der Waals surface area contributed by atoms with Gasteiger partial charge in [-0.1, -0.05) is 30.3 Å². The van der Waals surface area contributed by atoms with Crippen LogP contribution in [-0.4, -0.2) is 4.57 Å². The lowest BCUT2D eigenvalue weighted by atomic mass is 9.53. The largest absolute Gasteiger partial charge is 0.244 e. The molecule has 22 heavy (non-hydrogen) atoms. The van der Waals surface area contributed by atoms with Gasteiger partial charge in [-0.15, -0.1) is 0 Å². The molecule has 0 N–H and O–H groups in total. The third kappa shape index (κ3) is 2.04. The Morgan fingerprint density at radius 1 is 0.955 bits per heavy atom. The maximum Gasteiger partial charge on any atom is 0.244 e. The quantitative estimate of drug-likeness (QED) is 0.762. The molecule has 6 rings (SSSR count). The van der Waals surface area contributed by atoms with Gasteiger partial charge in [0.1, 0.15) is 24.5 Å². The van der Waals surface area contributed by atoms with Gasteiger partial charge in [-0.2, -0.15) is 0 Å². The van der Waals surface area contributed by atoms with Crippen molar-refractivity contribution in [2.75, 3.05) is 0 Å². The first-order valence-corrected chi connectivity index (χ1v) is 8.91. The molecule has 2 nitrogen and oxygen atoms in total. The van der Waals surface area contributed by atoms with Crippen LogP contribution in [0.1, 0.15) is 44.1 Å². The molecule has 0 saturated heterocycles. The maximum atomic E-state index is 2.58. The van der Waals surface area contributed by atoms with E-state index in [4.69, 9.17) is 0 Å². The lowest BCUT2D eigenvalue weighted by molar-refractivity contribution is -0.688. The lowest BCUT2D eigenvalue weighted by Crippen LogP contribution is -2.51. The molecule has 114 valence electrons. The van der Waals surface area contributed by atoms with Crippen molar-refractivity contribution in [1.29, 1.82) is 0 Å². The van der Waals surface area contributed by atoms with E-state index in [1.807, 2.05) is 0 Å². The Kier molecular flexibility index (Phi) is 2.77. The van der Waals surface area contributed by atoms with Crippen molar-refractivity contribution in [3.63, 3.8) is 0 Å². The maximum absolute atomic E-state index is 2.58. The molecule has 0 atom stereocenters. The van der Waals surface area contributed by atoms with E-state index in [1.165, 1.54) is 44.1 Å². The third-order valence-corrected chi connectivity index (χ3v) is 6.45. The highest BCUT2D eigenvalue weighted by atomic mass is 15.2. The van der Waals surface area contributed by atoms with Crippen molar-refractivity contribution in [2.24, 2.45) is 17.8 Å². The summed E-state index contributed by atoms with van der Waals surface area (Å²) in [6, 6.07) is 10.8. The monoisotopic (exact) mass is 293 g/mol. The Labute approximate surface area is 132 Å². The van der Waals surface area contributed by atoms with Gasteiger partial charge in [0.25, 0.3) is 0 Å². The summed E-state index contributed by atoms with van der Waals surface area (Å²) in [7, 11) is 0. The Morgan fingerprint density at radius 2 is 1.59 bits per heavy atom. The summed E-state index contributed by atoms with van der Waals surface area (Å²) in [5, 5.41) is 0. The number of hydrogen-bond donors (Lipinski definition) is 0. The van der Waals surface area contributed by atoms with E-state index in [0.717, 1.165) is 24.3 Å². The smallest absolute Gasteiger partial charge is 0.233 e. The Morgan fingerprint density at radius 3 is 2.23 bits per heavy atom. The summed E-state index contributed by atoms with van der Waals surface area (Å²) < 4.78 is 4.94. The van der Waals surface area contributed by atoms with Gasteiger partial charge in [0.05, 0.1) is 0 Å². The Bertz CT molecular complexity index is 635. The summed E-state index contributed by atoms with van der Waals surface area (Å²) in [6.07, 6.45) is 15.8. The Balaban J connectivity index is 1.42. The van der Waals surface area contributed by atoms with Gasteiger partial charge in [0.2, 0.25) is 6.33 Å². The van der Waals surface area contributed by atoms with Crippen LogP contribution in [0.25, 0.3) is 0 Å². The minimum absolute atomic E-state index is 0.455. The van der Waals surface area contributed by atoms with E-state index >= 15 is 0 Å². The number of hydrogen-bond acceptors (Lipinski definition) is 0. The molecule has 0 amide bonds. The number of benzene rings is 1. The van der Waals surface area contributed by atoms with Crippen LogP contribution in [0.5, 0.6) is 0 Å². The van der Waals surface area contributed by atoms with E-state index in [1.54, 1.807) is 0 Å². The molecule has 2 aromatic rings. The molecule has 1 aromatic carbocycles. The third-order valence-electron chi connectivity index (χ3n) is 6.45. The number of aromatic nitrogens is 2. The van der Waals surface area contributed by atoms with Gasteiger partial charge in [-0.3, -0.25) is 0 Å². The van der Waals surface area contributed by atoms with Crippen molar-refractivity contribution in [3.05, 3.63) is 54.6 Å². The zero-order valence-corrected chi connectivity index (χ0v) is 13.2. The summed E-state index contributed by atoms with van der Waals surface area (Å²) in [4.78, 5) is 0. The average molecular weight is 293 g/mol. The van der Waals surface area contributed by atoms with Gasteiger partial charge in [-0.25, -0.2) is 9.13 Å². The fraction of sp³-hybridized carbons (Fsp3) is 0.550. The van der Waals surface area contributed by atoms with E-state index in [-0.39, 0.29) is 0 Å². The molecule has 4 aliphatic carbocycles. The van der Waals surface area contributed by atoms with Crippen LogP contribution in [-0.2, 0) is 12.1 Å². The zero-order chi connectivity index (χ0) is 14.6. The highest BCUT2D eigenvalue weighted by Crippen LogP contribution is 2.58. The van der Waals surface area contributed by atoms with E-state index in [9.17, 15) is 0 Å². The molecule has 0 unspecified atom stereocenters. The lowest BCUT2D eigenvalue weighted by Gasteiger charge is -2.54. The van der Waals surface area contributed by atoms with E-state index in [0.29, 0.717) is 5.54 Å². The molecule has 1 aromatic heterocycles. The van der Waals surface area contributed by atoms with Gasteiger partial charge >= 0.3 is 0 Å². The van der Waals surface area contributed by atoms with Gasteiger partial charge < -0.3 is 0 Å². The predicted octanol–water partition coefficient (Wildman–Crippen LogP) is 3.75. The summed E-state index contributed by atoms with van der Waals surface area (Å²) in [5.41, 5.74) is 1.84. The first-order chi connectivity index (χ1) is 10.8. The predicted molar refractivity (Wildman–Crippen MR) is 86.3 cm³/mol. The van der Waals surface area contributed by atoms with Crippen molar-refractivity contribution in [3.8, 4) is 0 Å². The minimum atomic E-state index is 0.455. The van der Waals surface area contributed by atoms with E-state index in [2.05, 4.69) is 58.2 Å². The van der Waals surface area contributed by atoms with Crippen LogP contribution in [0.3, 0.4) is 0 Å². The van der Waals surface area contributed by atoms with Crippen molar-refractivity contribution in [1.82, 2.24) is 4.57 Å². The summed E-state index contributed by atoms with van der Waals surface area (Å²) >= 11 is 0. The molecule has 0 radical (unpaired) electrons. The highest BCUT2D eigenvalue weighted by Gasteiger charge is 2.54. The van der Waals surface area contributed by atoms with Crippen LogP contribution < -0.4 is 4.57 Å². The van der Waals surface area contributed by atoms with E-state index < -0.39 is 0 Å². The van der Waals surface area contributed by atoms with Crippen LogP contribution in [0.15, 0.2) is 49.1 Å². The SMILES string of the molecule is c1ccc(C[n+]2ccn(C34CC5CC(CC(C5)C3)C4)c2)cc1. The molecule has 4 fully saturated rings. The van der Waals surface area contributed by atoms with Gasteiger partial charge in [0, 0.05) is 0 Å². The summed E-state index contributed by atoms with van der Waals surface area (Å²) in [5.74, 6) is 3.03. The zero-order valence-electron chi connectivity index (χ0n) is 13.2. The molecule has 0 spiro atoms. The normalized spacial score (nSPS) is 35.9. The molecular weight excluding hydrogens is 268 g/mol. The second kappa shape index (κ2) is 4.71. The number of imidazole rings is 1. The fourth-order valence-electron chi connectivity index (χ4n) is 5.94. The first-order valence-electron chi connectivity index (χ1n) is 8.91. The average Bonchev–Trinajstić information content (AvgIpc) is 2.96. The van der Waals surface area contributed by atoms with Crippen molar-refractivity contribution in [2.45, 2.75) is 50.6 Å². The second-order valence-electron chi connectivity index (χ2n) is 8.12. The first kappa shape index (κ1) is 12.9. The van der Waals surface area contributed by atoms with Gasteiger partial charge in [-0.05, 0) is 61.8 Å². The summed E-state index contributed by atoms with van der Waals surface area (Å²) in [6.45, 7) is 0.986. The molecule has 2 heteroatoms. The van der Waals surface area contributed by atoms with Gasteiger partial charge in [0.15, 0.2) is 0 Å². The second-order valence-corrected chi connectivity index (χ2v) is 8.12. The highest BCUT2D eigenvalue weighted by molar-refractivity contribution is 5.13. The number of nitrogens with zero attached hydrogens (tertiary/aromatic N) is 2. The molecular formula is C20H25N2+. The van der Waals surface area contributed by atoms with Crippen LogP contribution >= 0.6 is 0 Å². The number of rotatable bonds is 3.